The summed E-state index contributed by atoms with van der Waals surface area (Å²) in [5.74, 6) is -1.38. The quantitative estimate of drug-likeness (QED) is 0.425. The largest absolute Gasteiger partial charge is 0.506 e. The van der Waals surface area contributed by atoms with Crippen LogP contribution >= 0.6 is 11.3 Å². The van der Waals surface area contributed by atoms with Gasteiger partial charge in [-0.25, -0.2) is 4.98 Å². The Labute approximate surface area is 163 Å². The summed E-state index contributed by atoms with van der Waals surface area (Å²) in [6.07, 6.45) is 4.15. The smallest absolute Gasteiger partial charge is 0.266 e. The molecular weight excluding hydrogens is 382 g/mol. The van der Waals surface area contributed by atoms with Gasteiger partial charge in [-0.3, -0.25) is 19.0 Å². The van der Waals surface area contributed by atoms with Crippen LogP contribution in [0.2, 0.25) is 0 Å². The fourth-order valence-corrected chi connectivity index (χ4v) is 3.46. The number of allylic oxidation sites excluding steroid dienone is 1. The van der Waals surface area contributed by atoms with Crippen molar-refractivity contribution in [2.45, 2.75) is 0 Å². The summed E-state index contributed by atoms with van der Waals surface area (Å²) >= 11 is 1.15. The Morgan fingerprint density at radius 3 is 2.86 bits per heavy atom. The van der Waals surface area contributed by atoms with E-state index < -0.39 is 17.1 Å². The van der Waals surface area contributed by atoms with Crippen molar-refractivity contribution < 1.29 is 19.8 Å². The maximum absolute atomic E-state index is 12.6. The van der Waals surface area contributed by atoms with Crippen LogP contribution < -0.4 is 10.9 Å². The van der Waals surface area contributed by atoms with Crippen LogP contribution in [0.3, 0.4) is 0 Å². The summed E-state index contributed by atoms with van der Waals surface area (Å²) in [5.41, 5.74) is -0.701. The third-order valence-electron chi connectivity index (χ3n) is 4.01. The number of hydrogen-bond acceptors (Lipinski definition) is 7. The number of aryl methyl sites for hydroxylation is 1. The first-order valence-corrected chi connectivity index (χ1v) is 9.13. The Balaban J connectivity index is 1.89. The van der Waals surface area contributed by atoms with Gasteiger partial charge < -0.3 is 15.5 Å². The van der Waals surface area contributed by atoms with Crippen LogP contribution in [0.5, 0.6) is 5.75 Å². The van der Waals surface area contributed by atoms with E-state index in [1.165, 1.54) is 30.0 Å². The molecule has 9 heteroatoms. The molecule has 3 heterocycles. The Hall–Kier alpha value is -3.30. The number of nitrogens with one attached hydrogen (secondary N) is 1. The van der Waals surface area contributed by atoms with Crippen molar-refractivity contribution in [3.05, 3.63) is 62.2 Å². The fraction of sp³-hybridized carbons (Fsp3) is 0.158. The number of carbonyl (C=O) groups excluding carboxylic acids is 2. The van der Waals surface area contributed by atoms with Crippen molar-refractivity contribution in [2.24, 2.45) is 7.05 Å². The number of aliphatic hydroxyl groups is 1. The zero-order valence-electron chi connectivity index (χ0n) is 14.9. The van der Waals surface area contributed by atoms with E-state index in [0.717, 1.165) is 11.3 Å². The second-order valence-corrected chi connectivity index (χ2v) is 6.96. The van der Waals surface area contributed by atoms with Gasteiger partial charge in [-0.2, -0.15) is 0 Å². The van der Waals surface area contributed by atoms with E-state index in [0.29, 0.717) is 15.1 Å². The van der Waals surface area contributed by atoms with E-state index in [9.17, 15) is 19.5 Å². The van der Waals surface area contributed by atoms with Crippen molar-refractivity contribution in [1.29, 1.82) is 0 Å². The minimum atomic E-state index is -0.650. The molecule has 0 atom stereocenters. The molecule has 1 amide bonds. The maximum Gasteiger partial charge on any atom is 0.266 e. The van der Waals surface area contributed by atoms with Gasteiger partial charge in [-0.05, 0) is 36.4 Å². The Bertz CT molecular complexity index is 1150. The van der Waals surface area contributed by atoms with Gasteiger partial charge in [0.1, 0.15) is 17.0 Å². The van der Waals surface area contributed by atoms with Gasteiger partial charge in [0.15, 0.2) is 5.78 Å². The number of hydrogen-bond donors (Lipinski definition) is 3. The fourth-order valence-electron chi connectivity index (χ4n) is 2.63. The monoisotopic (exact) mass is 399 g/mol. The number of ketones is 1. The average Bonchev–Trinajstić information content (AvgIpc) is 3.18. The average molecular weight is 399 g/mol. The lowest BCUT2D eigenvalue weighted by atomic mass is 10.1. The summed E-state index contributed by atoms with van der Waals surface area (Å²) in [6, 6.07) is 6.43. The topological polar surface area (TPSA) is 122 Å². The van der Waals surface area contributed by atoms with Crippen LogP contribution in [0.25, 0.3) is 17.1 Å². The molecule has 28 heavy (non-hydrogen) atoms. The molecule has 3 aromatic heterocycles. The molecule has 8 nitrogen and oxygen atoms in total. The van der Waals surface area contributed by atoms with E-state index in [1.54, 1.807) is 24.3 Å². The highest BCUT2D eigenvalue weighted by Gasteiger charge is 2.19. The second-order valence-electron chi connectivity index (χ2n) is 5.84. The SMILES string of the molecule is Cn1c(=O)c(C(=O)/C=C/c2ccc(C(=O)NCCO)s2)c(O)c2cccnc21. The van der Waals surface area contributed by atoms with E-state index in [1.807, 2.05) is 0 Å². The zero-order chi connectivity index (χ0) is 20.3. The molecule has 0 bridgehead atoms. The van der Waals surface area contributed by atoms with Crippen LogP contribution in [0.15, 0.2) is 41.3 Å². The standard InChI is InChI=1S/C19H17N3O5S/c1-22-17-12(3-2-8-20-17)16(25)15(19(22)27)13(24)6-4-11-5-7-14(28-11)18(26)21-9-10-23/h2-8,23,25H,9-10H2,1H3,(H,21,26)/b6-4+. The highest BCUT2D eigenvalue weighted by atomic mass is 32.1. The highest BCUT2D eigenvalue weighted by Crippen LogP contribution is 2.25. The summed E-state index contributed by atoms with van der Waals surface area (Å²) in [6.45, 7) is -0.00209. The number of nitrogens with zero attached hydrogens (tertiary/aromatic N) is 2. The third-order valence-corrected chi connectivity index (χ3v) is 5.06. The van der Waals surface area contributed by atoms with Gasteiger partial charge in [-0.1, -0.05) is 0 Å². The molecule has 3 N–H and O–H groups in total. The number of rotatable bonds is 6. The number of pyridine rings is 2. The Kier molecular flexibility index (Phi) is 5.67. The summed E-state index contributed by atoms with van der Waals surface area (Å²) in [7, 11) is 1.48. The first kappa shape index (κ1) is 19.5. The molecule has 0 radical (unpaired) electrons. The van der Waals surface area contributed by atoms with Crippen LogP contribution in [0.4, 0.5) is 0 Å². The number of aliphatic hydroxyl groups excluding tert-OH is 1. The van der Waals surface area contributed by atoms with Crippen molar-refractivity contribution in [2.75, 3.05) is 13.2 Å². The van der Waals surface area contributed by atoms with Gasteiger partial charge >= 0.3 is 0 Å². The van der Waals surface area contributed by atoms with Crippen LogP contribution in [-0.2, 0) is 7.05 Å². The first-order chi connectivity index (χ1) is 13.4. The molecule has 0 aromatic carbocycles. The van der Waals surface area contributed by atoms with E-state index in [4.69, 9.17) is 5.11 Å². The lowest BCUT2D eigenvalue weighted by molar-refractivity contribution is 0.0948. The van der Waals surface area contributed by atoms with Crippen LogP contribution in [-0.4, -0.2) is 44.6 Å². The lowest BCUT2D eigenvalue weighted by Crippen LogP contribution is -2.25. The van der Waals surface area contributed by atoms with Gasteiger partial charge in [0.2, 0.25) is 0 Å². The minimum absolute atomic E-state index is 0.153. The zero-order valence-corrected chi connectivity index (χ0v) is 15.7. The normalized spacial score (nSPS) is 11.2. The number of amides is 1. The molecule has 0 aliphatic heterocycles. The third kappa shape index (κ3) is 3.71. The Morgan fingerprint density at radius 2 is 2.11 bits per heavy atom. The van der Waals surface area contributed by atoms with Gasteiger partial charge in [0, 0.05) is 24.7 Å². The second kappa shape index (κ2) is 8.15. The molecule has 0 unspecified atom stereocenters. The van der Waals surface area contributed by atoms with Gasteiger partial charge in [-0.15, -0.1) is 11.3 Å². The number of aromatic nitrogens is 2. The molecule has 3 aromatic rings. The molecule has 0 saturated carbocycles. The summed E-state index contributed by atoms with van der Waals surface area (Å²) < 4.78 is 1.21. The van der Waals surface area contributed by atoms with Gasteiger partial charge in [0.05, 0.1) is 16.9 Å². The lowest BCUT2D eigenvalue weighted by Gasteiger charge is -2.08. The predicted molar refractivity (Wildman–Crippen MR) is 106 cm³/mol. The molecule has 0 spiro atoms. The summed E-state index contributed by atoms with van der Waals surface area (Å²) in [5, 5.41) is 22.0. The first-order valence-electron chi connectivity index (χ1n) is 8.32. The van der Waals surface area contributed by atoms with E-state index >= 15 is 0 Å². The number of thiophene rings is 1. The van der Waals surface area contributed by atoms with E-state index in [-0.39, 0.29) is 30.3 Å². The maximum atomic E-state index is 12.6. The molecule has 0 saturated heterocycles. The van der Waals surface area contributed by atoms with Crippen LogP contribution in [0, 0.1) is 0 Å². The number of fused-ring (bicyclic) bond motifs is 1. The van der Waals surface area contributed by atoms with E-state index in [2.05, 4.69) is 10.3 Å². The van der Waals surface area contributed by atoms with Crippen LogP contribution in [0.1, 0.15) is 24.9 Å². The van der Waals surface area contributed by atoms with Crippen molar-refractivity contribution in [3.8, 4) is 5.75 Å². The highest BCUT2D eigenvalue weighted by molar-refractivity contribution is 7.14. The van der Waals surface area contributed by atoms with Crippen molar-refractivity contribution in [1.82, 2.24) is 14.9 Å². The summed E-state index contributed by atoms with van der Waals surface area (Å²) in [4.78, 5) is 42.0. The number of aromatic hydroxyl groups is 1. The molecule has 3 rings (SSSR count). The molecule has 0 aliphatic carbocycles. The molecular formula is C19H17N3O5S. The van der Waals surface area contributed by atoms with Crippen molar-refractivity contribution in [3.63, 3.8) is 0 Å². The van der Waals surface area contributed by atoms with Crippen molar-refractivity contribution >= 4 is 40.1 Å². The van der Waals surface area contributed by atoms with Gasteiger partial charge in [0.25, 0.3) is 11.5 Å². The predicted octanol–water partition coefficient (Wildman–Crippen LogP) is 1.32. The number of carbonyl (C=O) groups is 2. The molecule has 0 aliphatic rings. The molecule has 0 fully saturated rings. The molecule has 144 valence electrons. The Morgan fingerprint density at radius 1 is 1.32 bits per heavy atom. The minimum Gasteiger partial charge on any atom is -0.506 e.